The third-order valence-electron chi connectivity index (χ3n) is 3.12. The first-order valence-electron chi connectivity index (χ1n) is 5.52. The van der Waals surface area contributed by atoms with Gasteiger partial charge in [0.25, 0.3) is 0 Å². The Kier molecular flexibility index (Phi) is 3.91. The SMILES string of the molecule is C=CCC1(C(=O)O)C=CC(CC=C)(C(=O)O)C=C1. The molecule has 18 heavy (non-hydrogen) atoms. The van der Waals surface area contributed by atoms with Crippen molar-refractivity contribution in [2.24, 2.45) is 10.8 Å². The van der Waals surface area contributed by atoms with Crippen LogP contribution in [0.3, 0.4) is 0 Å². The van der Waals surface area contributed by atoms with Crippen LogP contribution in [-0.4, -0.2) is 22.2 Å². The maximum absolute atomic E-state index is 11.3. The van der Waals surface area contributed by atoms with Crippen LogP contribution in [0.5, 0.6) is 0 Å². The molecule has 0 aliphatic heterocycles. The summed E-state index contributed by atoms with van der Waals surface area (Å²) in [7, 11) is 0. The number of carboxylic acid groups (broad SMARTS) is 2. The lowest BCUT2D eigenvalue weighted by molar-refractivity contribution is -0.146. The molecule has 0 saturated carbocycles. The molecule has 2 N–H and O–H groups in total. The molecule has 0 bridgehead atoms. The molecule has 0 aromatic heterocycles. The van der Waals surface area contributed by atoms with Gasteiger partial charge in [-0.2, -0.15) is 0 Å². The average Bonchev–Trinajstić information content (AvgIpc) is 2.32. The van der Waals surface area contributed by atoms with Gasteiger partial charge in [-0.3, -0.25) is 9.59 Å². The van der Waals surface area contributed by atoms with E-state index in [9.17, 15) is 19.8 Å². The maximum Gasteiger partial charge on any atom is 0.317 e. The number of aliphatic carboxylic acids is 2. The fraction of sp³-hybridized carbons (Fsp3) is 0.286. The van der Waals surface area contributed by atoms with Gasteiger partial charge in [-0.05, 0) is 12.8 Å². The van der Waals surface area contributed by atoms with Crippen molar-refractivity contribution in [1.82, 2.24) is 0 Å². The Morgan fingerprint density at radius 3 is 1.33 bits per heavy atom. The van der Waals surface area contributed by atoms with Gasteiger partial charge in [-0.1, -0.05) is 36.5 Å². The molecule has 1 aliphatic rings. The van der Waals surface area contributed by atoms with Gasteiger partial charge in [0, 0.05) is 0 Å². The quantitative estimate of drug-likeness (QED) is 0.708. The van der Waals surface area contributed by atoms with Crippen LogP contribution in [0, 0.1) is 10.8 Å². The van der Waals surface area contributed by atoms with Gasteiger partial charge in [0.1, 0.15) is 10.8 Å². The molecule has 0 atom stereocenters. The first kappa shape index (κ1) is 14.0. The van der Waals surface area contributed by atoms with E-state index in [-0.39, 0.29) is 12.8 Å². The topological polar surface area (TPSA) is 74.6 Å². The van der Waals surface area contributed by atoms with E-state index in [1.54, 1.807) is 0 Å². The van der Waals surface area contributed by atoms with E-state index in [4.69, 9.17) is 0 Å². The Morgan fingerprint density at radius 2 is 1.17 bits per heavy atom. The molecule has 96 valence electrons. The molecule has 1 rings (SSSR count). The molecule has 0 heterocycles. The zero-order chi connectivity index (χ0) is 13.8. The normalized spacial score (nSPS) is 29.8. The summed E-state index contributed by atoms with van der Waals surface area (Å²) in [6, 6.07) is 0. The minimum atomic E-state index is -1.19. The predicted octanol–water partition coefficient (Wildman–Crippen LogP) is 2.41. The zero-order valence-corrected chi connectivity index (χ0v) is 10.0. The molecule has 0 aromatic rings. The van der Waals surface area contributed by atoms with Crippen molar-refractivity contribution in [1.29, 1.82) is 0 Å². The van der Waals surface area contributed by atoms with Gasteiger partial charge in [0.05, 0.1) is 0 Å². The van der Waals surface area contributed by atoms with Gasteiger partial charge < -0.3 is 10.2 Å². The lowest BCUT2D eigenvalue weighted by atomic mass is 9.72. The minimum Gasteiger partial charge on any atom is -0.480 e. The van der Waals surface area contributed by atoms with Crippen LogP contribution < -0.4 is 0 Å². The number of carboxylic acids is 2. The first-order valence-corrected chi connectivity index (χ1v) is 5.52. The molecule has 4 nitrogen and oxygen atoms in total. The van der Waals surface area contributed by atoms with Gasteiger partial charge >= 0.3 is 11.9 Å². The molecular weight excluding hydrogens is 232 g/mol. The number of hydrogen-bond acceptors (Lipinski definition) is 2. The highest BCUT2D eigenvalue weighted by Gasteiger charge is 2.41. The van der Waals surface area contributed by atoms with Gasteiger partial charge in [-0.25, -0.2) is 0 Å². The van der Waals surface area contributed by atoms with Gasteiger partial charge in [0.15, 0.2) is 0 Å². The Bertz CT molecular complexity index is 389. The summed E-state index contributed by atoms with van der Waals surface area (Å²) < 4.78 is 0. The second-order valence-electron chi connectivity index (χ2n) is 4.34. The van der Waals surface area contributed by atoms with Gasteiger partial charge in [-0.15, -0.1) is 13.2 Å². The van der Waals surface area contributed by atoms with Crippen molar-refractivity contribution in [3.63, 3.8) is 0 Å². The van der Waals surface area contributed by atoms with Crippen molar-refractivity contribution in [3.8, 4) is 0 Å². The van der Waals surface area contributed by atoms with E-state index in [1.807, 2.05) is 0 Å². The van der Waals surface area contributed by atoms with Crippen LogP contribution in [0.1, 0.15) is 12.8 Å². The second kappa shape index (κ2) is 5.04. The molecule has 0 aromatic carbocycles. The molecule has 1 aliphatic carbocycles. The fourth-order valence-corrected chi connectivity index (χ4v) is 1.92. The Labute approximate surface area is 106 Å². The molecule has 0 amide bonds. The van der Waals surface area contributed by atoms with Crippen molar-refractivity contribution in [2.75, 3.05) is 0 Å². The van der Waals surface area contributed by atoms with Crippen molar-refractivity contribution >= 4 is 11.9 Å². The minimum absolute atomic E-state index is 0.221. The maximum atomic E-state index is 11.3. The van der Waals surface area contributed by atoms with Crippen molar-refractivity contribution < 1.29 is 19.8 Å². The number of carbonyl (C=O) groups is 2. The molecule has 0 fully saturated rings. The summed E-state index contributed by atoms with van der Waals surface area (Å²) in [5.41, 5.74) is -2.39. The lowest BCUT2D eigenvalue weighted by Crippen LogP contribution is -2.34. The van der Waals surface area contributed by atoms with Crippen molar-refractivity contribution in [3.05, 3.63) is 49.6 Å². The highest BCUT2D eigenvalue weighted by atomic mass is 16.4. The average molecular weight is 248 g/mol. The van der Waals surface area contributed by atoms with E-state index in [2.05, 4.69) is 13.2 Å². The zero-order valence-electron chi connectivity index (χ0n) is 10.0. The number of allylic oxidation sites excluding steroid dienone is 2. The Morgan fingerprint density at radius 1 is 0.889 bits per heavy atom. The highest BCUT2D eigenvalue weighted by Crippen LogP contribution is 2.39. The smallest absolute Gasteiger partial charge is 0.317 e. The van der Waals surface area contributed by atoms with E-state index in [0.717, 1.165) is 0 Å². The lowest BCUT2D eigenvalue weighted by Gasteiger charge is -2.30. The molecular formula is C14H16O4. The third kappa shape index (κ3) is 2.27. The van der Waals surface area contributed by atoms with Crippen LogP contribution in [0.2, 0.25) is 0 Å². The summed E-state index contributed by atoms with van der Waals surface area (Å²) in [6.07, 6.45) is 9.15. The number of rotatable bonds is 6. The highest BCUT2D eigenvalue weighted by molar-refractivity contribution is 5.85. The third-order valence-corrected chi connectivity index (χ3v) is 3.12. The standard InChI is InChI=1S/C14H16O4/c1-3-5-13(11(15)16)7-9-14(6-4-2,10-8-13)12(17)18/h3-4,7-10H,1-2,5-6H2,(H,15,16)(H,17,18). The Balaban J connectivity index is 3.16. The molecule has 0 unspecified atom stereocenters. The van der Waals surface area contributed by atoms with E-state index >= 15 is 0 Å². The Hall–Kier alpha value is -2.10. The second-order valence-corrected chi connectivity index (χ2v) is 4.34. The van der Waals surface area contributed by atoms with Crippen LogP contribution in [-0.2, 0) is 9.59 Å². The monoisotopic (exact) mass is 248 g/mol. The summed E-state index contributed by atoms with van der Waals surface area (Å²) in [4.78, 5) is 22.6. The van der Waals surface area contributed by atoms with Crippen LogP contribution in [0.4, 0.5) is 0 Å². The van der Waals surface area contributed by atoms with Gasteiger partial charge in [0.2, 0.25) is 0 Å². The summed E-state index contributed by atoms with van der Waals surface area (Å²) >= 11 is 0. The fourth-order valence-electron chi connectivity index (χ4n) is 1.92. The summed E-state index contributed by atoms with van der Waals surface area (Å²) in [5, 5.41) is 18.5. The van der Waals surface area contributed by atoms with Crippen LogP contribution in [0.25, 0.3) is 0 Å². The summed E-state index contributed by atoms with van der Waals surface area (Å²) in [6.45, 7) is 7.05. The summed E-state index contributed by atoms with van der Waals surface area (Å²) in [5.74, 6) is -2.04. The molecule has 0 radical (unpaired) electrons. The predicted molar refractivity (Wildman–Crippen MR) is 68.0 cm³/mol. The molecule has 0 saturated heterocycles. The largest absolute Gasteiger partial charge is 0.480 e. The van der Waals surface area contributed by atoms with Crippen LogP contribution in [0.15, 0.2) is 49.6 Å². The molecule has 4 heteroatoms. The van der Waals surface area contributed by atoms with E-state index < -0.39 is 22.8 Å². The molecule has 0 spiro atoms. The first-order chi connectivity index (χ1) is 8.42. The van der Waals surface area contributed by atoms with E-state index in [1.165, 1.54) is 36.5 Å². The number of hydrogen-bond donors (Lipinski definition) is 2. The van der Waals surface area contributed by atoms with E-state index in [0.29, 0.717) is 0 Å². The van der Waals surface area contributed by atoms with Crippen molar-refractivity contribution in [2.45, 2.75) is 12.8 Å². The van der Waals surface area contributed by atoms with Crippen LogP contribution >= 0.6 is 0 Å².